The van der Waals surface area contributed by atoms with Crippen molar-refractivity contribution < 1.29 is 9.29 Å². The standard InChI is InChI=1S/C26H56N2O2/c1-5-9-21-27(29,22-10-6-2)25-19-17-15-13-14-16-18-20-26-28(30,23-11-7-3)24-12-8-4/h5-26H2,1-4H3. The van der Waals surface area contributed by atoms with E-state index in [9.17, 15) is 10.4 Å². The maximum Gasteiger partial charge on any atom is 0.0783 e. The summed E-state index contributed by atoms with van der Waals surface area (Å²) in [6.45, 7) is 13.6. The molecular weight excluding hydrogens is 372 g/mol. The Labute approximate surface area is 189 Å². The Morgan fingerprint density at radius 3 is 0.767 bits per heavy atom. The molecule has 0 saturated heterocycles. The van der Waals surface area contributed by atoms with Crippen molar-refractivity contribution in [2.75, 3.05) is 39.3 Å². The fourth-order valence-electron chi connectivity index (χ4n) is 4.32. The summed E-state index contributed by atoms with van der Waals surface area (Å²) in [5.74, 6) is 0. The second kappa shape index (κ2) is 19.5. The van der Waals surface area contributed by atoms with Crippen molar-refractivity contribution in [3.05, 3.63) is 10.4 Å². The molecule has 0 bridgehead atoms. The van der Waals surface area contributed by atoms with Crippen LogP contribution in [0.25, 0.3) is 0 Å². The molecular formula is C26H56N2O2. The van der Waals surface area contributed by atoms with Crippen LogP contribution >= 0.6 is 0 Å². The molecule has 0 heterocycles. The van der Waals surface area contributed by atoms with Crippen molar-refractivity contribution in [1.29, 1.82) is 0 Å². The van der Waals surface area contributed by atoms with Gasteiger partial charge in [-0.05, 0) is 51.4 Å². The first kappa shape index (κ1) is 29.8. The number of nitrogens with zero attached hydrogens (tertiary/aromatic N) is 2. The lowest BCUT2D eigenvalue weighted by Crippen LogP contribution is -2.44. The lowest BCUT2D eigenvalue weighted by molar-refractivity contribution is -0.881. The molecule has 0 spiro atoms. The smallest absolute Gasteiger partial charge is 0.0783 e. The number of unbranched alkanes of at least 4 members (excludes halogenated alkanes) is 11. The van der Waals surface area contributed by atoms with Gasteiger partial charge >= 0.3 is 0 Å². The molecule has 0 saturated carbocycles. The van der Waals surface area contributed by atoms with Gasteiger partial charge < -0.3 is 19.7 Å². The van der Waals surface area contributed by atoms with Gasteiger partial charge in [0.05, 0.1) is 39.3 Å². The van der Waals surface area contributed by atoms with Gasteiger partial charge in [-0.3, -0.25) is 0 Å². The summed E-state index contributed by atoms with van der Waals surface area (Å²) in [5.41, 5.74) is 0. The van der Waals surface area contributed by atoms with Crippen LogP contribution in [0.1, 0.15) is 130 Å². The molecule has 4 nitrogen and oxygen atoms in total. The molecule has 0 aromatic rings. The van der Waals surface area contributed by atoms with Crippen molar-refractivity contribution >= 4 is 0 Å². The van der Waals surface area contributed by atoms with E-state index in [0.29, 0.717) is 0 Å². The van der Waals surface area contributed by atoms with Gasteiger partial charge in [0.1, 0.15) is 0 Å². The van der Waals surface area contributed by atoms with Crippen LogP contribution in [-0.4, -0.2) is 48.6 Å². The monoisotopic (exact) mass is 428 g/mol. The third kappa shape index (κ3) is 16.5. The molecule has 0 aromatic carbocycles. The molecule has 0 aliphatic heterocycles. The lowest BCUT2D eigenvalue weighted by Gasteiger charge is -2.43. The number of hydrogen-bond acceptors (Lipinski definition) is 2. The van der Waals surface area contributed by atoms with Crippen LogP contribution in [0.15, 0.2) is 0 Å². The van der Waals surface area contributed by atoms with Gasteiger partial charge in [0.15, 0.2) is 0 Å². The number of quaternary nitrogens is 2. The van der Waals surface area contributed by atoms with Crippen molar-refractivity contribution in [2.45, 2.75) is 130 Å². The minimum atomic E-state index is 0.0485. The first-order chi connectivity index (χ1) is 14.4. The van der Waals surface area contributed by atoms with E-state index in [1.165, 1.54) is 38.5 Å². The Hall–Kier alpha value is -0.160. The van der Waals surface area contributed by atoms with Crippen LogP contribution in [-0.2, 0) is 0 Å². The molecule has 0 radical (unpaired) electrons. The van der Waals surface area contributed by atoms with Gasteiger partial charge in [0, 0.05) is 0 Å². The van der Waals surface area contributed by atoms with Crippen molar-refractivity contribution in [2.24, 2.45) is 0 Å². The molecule has 0 rings (SSSR count). The maximum atomic E-state index is 12.9. The molecule has 0 aliphatic rings. The van der Waals surface area contributed by atoms with Gasteiger partial charge in [0.25, 0.3) is 0 Å². The summed E-state index contributed by atoms with van der Waals surface area (Å²) >= 11 is 0. The zero-order valence-electron chi connectivity index (χ0n) is 21.3. The van der Waals surface area contributed by atoms with E-state index in [1.807, 2.05) is 0 Å². The maximum absolute atomic E-state index is 12.9. The minimum Gasteiger partial charge on any atom is -0.633 e. The molecule has 0 atom stereocenters. The molecule has 30 heavy (non-hydrogen) atoms. The van der Waals surface area contributed by atoms with E-state index in [4.69, 9.17) is 0 Å². The summed E-state index contributed by atoms with van der Waals surface area (Å²) in [5, 5.41) is 25.9. The Bertz CT molecular complexity index is 313. The lowest BCUT2D eigenvalue weighted by atomic mass is 10.1. The van der Waals surface area contributed by atoms with Crippen molar-refractivity contribution in [1.82, 2.24) is 0 Å². The normalized spacial score (nSPS) is 12.6. The summed E-state index contributed by atoms with van der Waals surface area (Å²) < 4.78 is 0.0971. The first-order valence-electron chi connectivity index (χ1n) is 13.6. The number of hydrogen-bond donors (Lipinski definition) is 0. The largest absolute Gasteiger partial charge is 0.633 e. The second-order valence-corrected chi connectivity index (χ2v) is 9.70. The van der Waals surface area contributed by atoms with Gasteiger partial charge in [0.2, 0.25) is 0 Å². The van der Waals surface area contributed by atoms with E-state index in [2.05, 4.69) is 27.7 Å². The predicted octanol–water partition coefficient (Wildman–Crippen LogP) is 7.94. The van der Waals surface area contributed by atoms with Gasteiger partial charge in [-0.25, -0.2) is 0 Å². The summed E-state index contributed by atoms with van der Waals surface area (Å²) in [4.78, 5) is 0. The molecule has 0 aliphatic carbocycles. The Morgan fingerprint density at radius 1 is 0.333 bits per heavy atom. The first-order valence-corrected chi connectivity index (χ1v) is 13.6. The van der Waals surface area contributed by atoms with Gasteiger partial charge in [-0.1, -0.05) is 79.1 Å². The molecule has 4 heteroatoms. The van der Waals surface area contributed by atoms with Crippen molar-refractivity contribution in [3.63, 3.8) is 0 Å². The molecule has 0 N–H and O–H groups in total. The predicted molar refractivity (Wildman–Crippen MR) is 133 cm³/mol. The van der Waals surface area contributed by atoms with E-state index >= 15 is 0 Å². The van der Waals surface area contributed by atoms with Crippen molar-refractivity contribution in [3.8, 4) is 0 Å². The van der Waals surface area contributed by atoms with E-state index < -0.39 is 0 Å². The third-order valence-electron chi connectivity index (χ3n) is 6.56. The third-order valence-corrected chi connectivity index (χ3v) is 6.56. The Kier molecular flexibility index (Phi) is 19.4. The second-order valence-electron chi connectivity index (χ2n) is 9.70. The number of rotatable bonds is 23. The van der Waals surface area contributed by atoms with E-state index in [0.717, 1.165) is 103 Å². The van der Waals surface area contributed by atoms with Crippen LogP contribution in [0.5, 0.6) is 0 Å². The quantitative estimate of drug-likeness (QED) is 0.0941. The van der Waals surface area contributed by atoms with E-state index in [-0.39, 0.29) is 9.29 Å². The van der Waals surface area contributed by atoms with Crippen LogP contribution in [0.2, 0.25) is 0 Å². The topological polar surface area (TPSA) is 46.1 Å². The van der Waals surface area contributed by atoms with Gasteiger partial charge in [-0.2, -0.15) is 0 Å². The average molecular weight is 429 g/mol. The zero-order valence-corrected chi connectivity index (χ0v) is 21.3. The van der Waals surface area contributed by atoms with Crippen LogP contribution in [0, 0.1) is 10.4 Å². The van der Waals surface area contributed by atoms with Gasteiger partial charge in [-0.15, -0.1) is 0 Å². The highest BCUT2D eigenvalue weighted by Gasteiger charge is 2.16. The number of hydroxylamine groups is 6. The molecule has 0 amide bonds. The van der Waals surface area contributed by atoms with Crippen LogP contribution in [0.4, 0.5) is 0 Å². The highest BCUT2D eigenvalue weighted by Crippen LogP contribution is 2.16. The van der Waals surface area contributed by atoms with E-state index in [1.54, 1.807) is 0 Å². The fraction of sp³-hybridized carbons (Fsp3) is 1.00. The van der Waals surface area contributed by atoms with Crippen LogP contribution < -0.4 is 0 Å². The average Bonchev–Trinajstić information content (AvgIpc) is 2.75. The summed E-state index contributed by atoms with van der Waals surface area (Å²) in [7, 11) is 0. The molecule has 182 valence electrons. The Morgan fingerprint density at radius 2 is 0.533 bits per heavy atom. The molecule has 0 aromatic heterocycles. The SMILES string of the molecule is CCCC[N+]([O-])(CCCC)CCCCCCCCCC[N+]([O-])(CCCC)CCCC. The fourth-order valence-corrected chi connectivity index (χ4v) is 4.32. The zero-order chi connectivity index (χ0) is 22.6. The Balaban J connectivity index is 3.82. The molecule has 0 fully saturated rings. The molecule has 0 unspecified atom stereocenters. The summed E-state index contributed by atoms with van der Waals surface area (Å²) in [6.07, 6.45) is 18.4. The highest BCUT2D eigenvalue weighted by atomic mass is 16.5. The summed E-state index contributed by atoms with van der Waals surface area (Å²) in [6, 6.07) is 0. The highest BCUT2D eigenvalue weighted by molar-refractivity contribution is 4.52. The minimum absolute atomic E-state index is 0.0485. The van der Waals surface area contributed by atoms with Crippen LogP contribution in [0.3, 0.4) is 0 Å².